The van der Waals surface area contributed by atoms with Crippen LogP contribution in [0.4, 0.5) is 39.7 Å². The lowest BCUT2D eigenvalue weighted by molar-refractivity contribution is -0.274. The highest BCUT2D eigenvalue weighted by atomic mass is 32.2. The van der Waals surface area contributed by atoms with Crippen LogP contribution in [0.25, 0.3) is 5.69 Å². The Hall–Kier alpha value is -4.96. The summed E-state index contributed by atoms with van der Waals surface area (Å²) in [5.74, 6) is -0.295. The van der Waals surface area contributed by atoms with Crippen molar-refractivity contribution in [2.24, 2.45) is 4.99 Å². The standard InChI is InChI=1S/C31H31F4N7O4S/c1-5-47-30(41(19-43)27-14-20(2)6-8-22(27)17-45-4)38-29(44)37-26-13-7-21(15-25(26)32)16-40(3)28-36-18-42(39-28)23-9-11-24(12-10-23)46-31(33,34)35/h6-15,18-19H,5,16-17H2,1-4H3,(H,37,44)/b38-30-. The van der Waals surface area contributed by atoms with E-state index < -0.39 is 18.2 Å². The topological polar surface area (TPSA) is 114 Å². The maximum Gasteiger partial charge on any atom is 0.573 e. The van der Waals surface area contributed by atoms with E-state index in [1.807, 2.05) is 26.0 Å². The van der Waals surface area contributed by atoms with Crippen LogP contribution in [0.1, 0.15) is 23.6 Å². The molecule has 0 atom stereocenters. The van der Waals surface area contributed by atoms with Crippen LogP contribution >= 0.6 is 11.8 Å². The molecule has 1 aromatic heterocycles. The quantitative estimate of drug-likeness (QED) is 0.0810. The van der Waals surface area contributed by atoms with Crippen LogP contribution in [0.3, 0.4) is 0 Å². The average molecular weight is 674 g/mol. The molecule has 1 heterocycles. The molecule has 0 spiro atoms. The number of amidine groups is 1. The lowest BCUT2D eigenvalue weighted by Gasteiger charge is -2.22. The van der Waals surface area contributed by atoms with E-state index >= 15 is 4.39 Å². The van der Waals surface area contributed by atoms with Crippen molar-refractivity contribution in [3.05, 3.63) is 89.5 Å². The van der Waals surface area contributed by atoms with Gasteiger partial charge in [-0.1, -0.05) is 36.9 Å². The van der Waals surface area contributed by atoms with Crippen molar-refractivity contribution in [2.45, 2.75) is 33.4 Å². The summed E-state index contributed by atoms with van der Waals surface area (Å²) >= 11 is 1.17. The van der Waals surface area contributed by atoms with Crippen molar-refractivity contribution in [3.63, 3.8) is 0 Å². The molecule has 3 aromatic carbocycles. The first-order valence-corrected chi connectivity index (χ1v) is 15.0. The van der Waals surface area contributed by atoms with Gasteiger partial charge >= 0.3 is 12.4 Å². The van der Waals surface area contributed by atoms with E-state index in [4.69, 9.17) is 4.74 Å². The van der Waals surface area contributed by atoms with E-state index in [1.165, 1.54) is 59.0 Å². The van der Waals surface area contributed by atoms with E-state index in [9.17, 15) is 22.8 Å². The Balaban J connectivity index is 1.44. The Kier molecular flexibility index (Phi) is 11.6. The van der Waals surface area contributed by atoms with Crippen molar-refractivity contribution in [3.8, 4) is 11.4 Å². The number of aryl methyl sites for hydroxylation is 1. The highest BCUT2D eigenvalue weighted by Gasteiger charge is 2.31. The van der Waals surface area contributed by atoms with Crippen LogP contribution in [0.2, 0.25) is 0 Å². The summed E-state index contributed by atoms with van der Waals surface area (Å²) in [4.78, 5) is 36.3. The number of nitrogens with one attached hydrogen (secondary N) is 1. The molecule has 11 nitrogen and oxygen atoms in total. The molecule has 4 aromatic rings. The number of ether oxygens (including phenoxy) is 2. The number of aromatic nitrogens is 3. The van der Waals surface area contributed by atoms with Crippen LogP contribution in [0, 0.1) is 12.7 Å². The molecule has 0 bridgehead atoms. The minimum Gasteiger partial charge on any atom is -0.406 e. The van der Waals surface area contributed by atoms with Gasteiger partial charge in [0.2, 0.25) is 12.4 Å². The number of urea groups is 1. The SMILES string of the molecule is CCS/C(=N\C(=O)Nc1ccc(CN(C)c2ncn(-c3ccc(OC(F)(F)F)cc3)n2)cc1F)N(C=O)c1cc(C)ccc1COC. The number of aliphatic imine (C=N–C) groups is 1. The number of rotatable bonds is 11. The third kappa shape index (κ3) is 9.52. The molecule has 0 saturated heterocycles. The van der Waals surface area contributed by atoms with E-state index in [-0.39, 0.29) is 35.7 Å². The fourth-order valence-corrected chi connectivity index (χ4v) is 5.04. The Morgan fingerprint density at radius 1 is 1.13 bits per heavy atom. The van der Waals surface area contributed by atoms with Gasteiger partial charge in [0.25, 0.3) is 0 Å². The van der Waals surface area contributed by atoms with Gasteiger partial charge in [-0.2, -0.15) is 9.98 Å². The van der Waals surface area contributed by atoms with Crippen LogP contribution in [0.15, 0.2) is 72.0 Å². The van der Waals surface area contributed by atoms with E-state index in [0.29, 0.717) is 29.1 Å². The molecule has 0 fully saturated rings. The zero-order chi connectivity index (χ0) is 34.1. The predicted molar refractivity (Wildman–Crippen MR) is 172 cm³/mol. The van der Waals surface area contributed by atoms with Gasteiger partial charge in [0.1, 0.15) is 17.9 Å². The molecule has 1 N–H and O–H groups in total. The third-order valence-electron chi connectivity index (χ3n) is 6.43. The van der Waals surface area contributed by atoms with Crippen molar-refractivity contribution in [2.75, 3.05) is 35.0 Å². The first kappa shape index (κ1) is 34.9. The molecule has 0 saturated carbocycles. The van der Waals surface area contributed by atoms with Gasteiger partial charge in [0.15, 0.2) is 5.17 Å². The Morgan fingerprint density at radius 2 is 1.87 bits per heavy atom. The number of amides is 3. The number of methoxy groups -OCH3 is 1. The number of halogens is 4. The summed E-state index contributed by atoms with van der Waals surface area (Å²) in [5, 5.41) is 6.88. The molecule has 0 unspecified atom stereocenters. The number of hydrogen-bond acceptors (Lipinski definition) is 8. The predicted octanol–water partition coefficient (Wildman–Crippen LogP) is 6.70. The largest absolute Gasteiger partial charge is 0.573 e. The number of hydrogen-bond donors (Lipinski definition) is 1. The van der Waals surface area contributed by atoms with Crippen LogP contribution in [-0.2, 0) is 22.7 Å². The number of anilines is 3. The zero-order valence-corrected chi connectivity index (χ0v) is 26.6. The molecule has 248 valence electrons. The Labute approximate surface area is 272 Å². The van der Waals surface area contributed by atoms with E-state index in [2.05, 4.69) is 25.1 Å². The number of carbonyl (C=O) groups is 2. The summed E-state index contributed by atoms with van der Waals surface area (Å²) in [5.41, 5.74) is 3.00. The van der Waals surface area contributed by atoms with Gasteiger partial charge in [0.05, 0.1) is 23.7 Å². The molecule has 0 aliphatic carbocycles. The molecule has 16 heteroatoms. The number of thioether (sulfide) groups is 1. The first-order valence-electron chi connectivity index (χ1n) is 14.0. The van der Waals surface area contributed by atoms with Gasteiger partial charge in [-0.25, -0.2) is 13.9 Å². The van der Waals surface area contributed by atoms with Crippen molar-refractivity contribution >= 4 is 46.7 Å². The van der Waals surface area contributed by atoms with Gasteiger partial charge in [0, 0.05) is 26.3 Å². The molecule has 4 rings (SSSR count). The molecular formula is C31H31F4N7O4S. The number of alkyl halides is 3. The highest BCUT2D eigenvalue weighted by molar-refractivity contribution is 8.14. The summed E-state index contributed by atoms with van der Waals surface area (Å²) in [6.07, 6.45) is -2.84. The molecule has 47 heavy (non-hydrogen) atoms. The monoisotopic (exact) mass is 673 g/mol. The summed E-state index contributed by atoms with van der Waals surface area (Å²) in [7, 11) is 3.22. The van der Waals surface area contributed by atoms with E-state index in [1.54, 1.807) is 24.1 Å². The van der Waals surface area contributed by atoms with Gasteiger partial charge < -0.3 is 19.7 Å². The normalized spacial score (nSPS) is 11.7. The number of carbonyl (C=O) groups excluding carboxylic acids is 2. The maximum atomic E-state index is 15.1. The first-order chi connectivity index (χ1) is 22.4. The molecular weight excluding hydrogens is 642 g/mol. The second-order valence-electron chi connectivity index (χ2n) is 10.00. The minimum absolute atomic E-state index is 0.110. The summed E-state index contributed by atoms with van der Waals surface area (Å²) in [6.45, 7) is 4.14. The lowest BCUT2D eigenvalue weighted by atomic mass is 10.1. The minimum atomic E-state index is -4.80. The van der Waals surface area contributed by atoms with Crippen LogP contribution < -0.4 is 19.9 Å². The summed E-state index contributed by atoms with van der Waals surface area (Å²) in [6, 6.07) is 14.0. The van der Waals surface area contributed by atoms with Crippen LogP contribution in [0.5, 0.6) is 5.75 Å². The Morgan fingerprint density at radius 3 is 2.51 bits per heavy atom. The second-order valence-corrected chi connectivity index (χ2v) is 11.2. The zero-order valence-electron chi connectivity index (χ0n) is 25.8. The maximum absolute atomic E-state index is 15.1. The molecule has 3 amide bonds. The van der Waals surface area contributed by atoms with Crippen LogP contribution in [-0.4, -0.2) is 58.6 Å². The number of nitrogens with zero attached hydrogens (tertiary/aromatic N) is 6. The molecule has 0 aliphatic heterocycles. The van der Waals surface area contributed by atoms with Gasteiger partial charge in [-0.15, -0.1) is 18.3 Å². The third-order valence-corrected chi connectivity index (χ3v) is 7.27. The highest BCUT2D eigenvalue weighted by Crippen LogP contribution is 2.27. The Bertz CT molecular complexity index is 1730. The average Bonchev–Trinajstić information content (AvgIpc) is 3.51. The summed E-state index contributed by atoms with van der Waals surface area (Å²) < 4.78 is 62.9. The second kappa shape index (κ2) is 15.6. The fraction of sp³-hybridized carbons (Fsp3) is 0.258. The molecule has 0 aliphatic rings. The molecule has 0 radical (unpaired) electrons. The van der Waals surface area contributed by atoms with Gasteiger partial charge in [-0.05, 0) is 66.3 Å². The van der Waals surface area contributed by atoms with Crippen molar-refractivity contribution < 1.29 is 36.6 Å². The van der Waals surface area contributed by atoms with Gasteiger partial charge in [-0.3, -0.25) is 9.69 Å². The van der Waals surface area contributed by atoms with Crippen molar-refractivity contribution in [1.29, 1.82) is 0 Å². The lowest BCUT2D eigenvalue weighted by Crippen LogP contribution is -2.30. The van der Waals surface area contributed by atoms with Crippen molar-refractivity contribution in [1.82, 2.24) is 14.8 Å². The van der Waals surface area contributed by atoms with E-state index in [0.717, 1.165) is 23.3 Å². The fourth-order valence-electron chi connectivity index (χ4n) is 4.35. The number of benzene rings is 3. The smallest absolute Gasteiger partial charge is 0.406 e.